The van der Waals surface area contributed by atoms with Gasteiger partial charge in [-0.1, -0.05) is 23.7 Å². The first-order chi connectivity index (χ1) is 9.76. The lowest BCUT2D eigenvalue weighted by Gasteiger charge is -2.30. The minimum Gasteiger partial charge on any atom is -0.444 e. The zero-order chi connectivity index (χ0) is 15.6. The van der Waals surface area contributed by atoms with E-state index in [1.165, 1.54) is 0 Å². The molecule has 5 heteroatoms. The van der Waals surface area contributed by atoms with E-state index in [-0.39, 0.29) is 18.2 Å². The van der Waals surface area contributed by atoms with E-state index >= 15 is 0 Å². The van der Waals surface area contributed by atoms with E-state index in [9.17, 15) is 4.79 Å². The number of nitrogens with zero attached hydrogens (tertiary/aromatic N) is 1. The molecule has 0 spiro atoms. The van der Waals surface area contributed by atoms with E-state index in [2.05, 4.69) is 0 Å². The molecule has 2 rings (SSSR count). The molecule has 4 nitrogen and oxygen atoms in total. The predicted octanol–water partition coefficient (Wildman–Crippen LogP) is 3.22. The van der Waals surface area contributed by atoms with Gasteiger partial charge in [0.25, 0.3) is 0 Å². The third kappa shape index (κ3) is 4.35. The lowest BCUT2D eigenvalue weighted by atomic mass is 10.0. The number of rotatable bonds is 2. The molecule has 0 radical (unpaired) electrons. The Hall–Kier alpha value is -1.26. The van der Waals surface area contributed by atoms with Crippen LogP contribution < -0.4 is 5.73 Å². The van der Waals surface area contributed by atoms with Crippen LogP contribution in [0, 0.1) is 0 Å². The Labute approximate surface area is 131 Å². The quantitative estimate of drug-likeness (QED) is 0.912. The zero-order valence-electron chi connectivity index (χ0n) is 12.8. The summed E-state index contributed by atoms with van der Waals surface area (Å²) in [5, 5.41) is 0.697. The molecule has 0 aliphatic carbocycles. The summed E-state index contributed by atoms with van der Waals surface area (Å²) in [6.07, 6.45) is 1.20. The summed E-state index contributed by atoms with van der Waals surface area (Å²) in [4.78, 5) is 14.0. The van der Waals surface area contributed by atoms with Crippen LogP contribution in [0.25, 0.3) is 0 Å². The Balaban J connectivity index is 2.10. The summed E-state index contributed by atoms with van der Waals surface area (Å²) in [5.74, 6) is 0. The Kier molecular flexibility index (Phi) is 4.79. The van der Waals surface area contributed by atoms with Crippen molar-refractivity contribution in [3.8, 4) is 0 Å². The number of carbonyl (C=O) groups excluding carboxylic acids is 1. The molecule has 1 amide bonds. The first kappa shape index (κ1) is 16.1. The van der Waals surface area contributed by atoms with Crippen LogP contribution >= 0.6 is 11.6 Å². The summed E-state index contributed by atoms with van der Waals surface area (Å²) in [6, 6.07) is 7.60. The highest BCUT2D eigenvalue weighted by Crippen LogP contribution is 2.24. The third-order valence-corrected chi connectivity index (χ3v) is 3.79. The van der Waals surface area contributed by atoms with E-state index in [4.69, 9.17) is 22.1 Å². The molecule has 1 unspecified atom stereocenters. The Bertz CT molecular complexity index is 513. The van der Waals surface area contributed by atoms with Crippen LogP contribution in [0.1, 0.15) is 32.8 Å². The molecule has 1 aliphatic heterocycles. The van der Waals surface area contributed by atoms with Crippen molar-refractivity contribution in [3.05, 3.63) is 34.9 Å². The molecule has 1 aliphatic rings. The van der Waals surface area contributed by atoms with Crippen molar-refractivity contribution in [2.24, 2.45) is 5.73 Å². The average Bonchev–Trinajstić information content (AvgIpc) is 2.69. The summed E-state index contributed by atoms with van der Waals surface area (Å²) < 4.78 is 5.47. The molecule has 1 heterocycles. The molecule has 0 bridgehead atoms. The highest BCUT2D eigenvalue weighted by Gasteiger charge is 2.37. The van der Waals surface area contributed by atoms with E-state index in [0.29, 0.717) is 18.0 Å². The maximum Gasteiger partial charge on any atom is 0.410 e. The molecule has 0 saturated carbocycles. The molecule has 2 N–H and O–H groups in total. The number of carbonyl (C=O) groups is 1. The van der Waals surface area contributed by atoms with Crippen LogP contribution in [-0.4, -0.2) is 35.2 Å². The number of hydrogen-bond donors (Lipinski definition) is 1. The molecule has 116 valence electrons. The van der Waals surface area contributed by atoms with E-state index in [0.717, 1.165) is 12.0 Å². The van der Waals surface area contributed by atoms with Gasteiger partial charge in [0.15, 0.2) is 0 Å². The monoisotopic (exact) mass is 310 g/mol. The highest BCUT2D eigenvalue weighted by molar-refractivity contribution is 6.30. The third-order valence-electron chi connectivity index (χ3n) is 3.56. The van der Waals surface area contributed by atoms with Gasteiger partial charge in [-0.05, 0) is 51.3 Å². The number of halogens is 1. The summed E-state index contributed by atoms with van der Waals surface area (Å²) in [7, 11) is 0. The molecule has 1 fully saturated rings. The van der Waals surface area contributed by atoms with Gasteiger partial charge in [-0.25, -0.2) is 4.79 Å². The van der Waals surface area contributed by atoms with Crippen LogP contribution in [0.15, 0.2) is 24.3 Å². The van der Waals surface area contributed by atoms with Crippen LogP contribution in [0.5, 0.6) is 0 Å². The van der Waals surface area contributed by atoms with Crippen LogP contribution in [0.4, 0.5) is 4.79 Å². The van der Waals surface area contributed by atoms with Crippen molar-refractivity contribution in [1.29, 1.82) is 0 Å². The normalized spacial score (nSPS) is 22.4. The Morgan fingerprint density at radius 1 is 1.48 bits per heavy atom. The predicted molar refractivity (Wildman–Crippen MR) is 84.5 cm³/mol. The number of nitrogens with two attached hydrogens (primary N) is 1. The molecule has 2 atom stereocenters. The van der Waals surface area contributed by atoms with Crippen molar-refractivity contribution < 1.29 is 9.53 Å². The van der Waals surface area contributed by atoms with Gasteiger partial charge >= 0.3 is 6.09 Å². The second-order valence-corrected chi connectivity index (χ2v) is 6.96. The minimum absolute atomic E-state index is 0.0310. The largest absolute Gasteiger partial charge is 0.444 e. The fraction of sp³-hybridized carbons (Fsp3) is 0.562. The fourth-order valence-corrected chi connectivity index (χ4v) is 2.80. The molecule has 0 aromatic heterocycles. The first-order valence-corrected chi connectivity index (χ1v) is 7.64. The number of likely N-dealkylation sites (tertiary alicyclic amines) is 1. The summed E-state index contributed by atoms with van der Waals surface area (Å²) >= 11 is 6.02. The van der Waals surface area contributed by atoms with Gasteiger partial charge in [0.05, 0.1) is 6.04 Å². The number of hydrogen-bond acceptors (Lipinski definition) is 3. The molecular weight excluding hydrogens is 288 g/mol. The standard InChI is InChI=1S/C16H23ClN2O2/c1-16(2,3)21-15(20)19-8-7-13(18)14(19)10-11-5-4-6-12(17)9-11/h4-6,9,13-14H,7-8,10,18H2,1-3H3/t13-,14?/m1/s1. The molecule has 21 heavy (non-hydrogen) atoms. The van der Waals surface area contributed by atoms with Crippen molar-refractivity contribution in [2.45, 2.75) is 51.3 Å². The second kappa shape index (κ2) is 6.24. The van der Waals surface area contributed by atoms with Crippen molar-refractivity contribution in [2.75, 3.05) is 6.54 Å². The van der Waals surface area contributed by atoms with Gasteiger partial charge in [0, 0.05) is 17.6 Å². The lowest BCUT2D eigenvalue weighted by molar-refractivity contribution is 0.0220. The second-order valence-electron chi connectivity index (χ2n) is 6.53. The minimum atomic E-state index is -0.496. The SMILES string of the molecule is CC(C)(C)OC(=O)N1CC[C@@H](N)C1Cc1cccc(Cl)c1. The smallest absolute Gasteiger partial charge is 0.410 e. The summed E-state index contributed by atoms with van der Waals surface area (Å²) in [5.41, 5.74) is 6.76. The van der Waals surface area contributed by atoms with Crippen LogP contribution in [0.3, 0.4) is 0 Å². The van der Waals surface area contributed by atoms with Gasteiger partial charge in [-0.15, -0.1) is 0 Å². The van der Waals surface area contributed by atoms with Crippen molar-refractivity contribution in [1.82, 2.24) is 4.90 Å². The maximum absolute atomic E-state index is 12.3. The number of amides is 1. The Morgan fingerprint density at radius 3 is 2.81 bits per heavy atom. The number of ether oxygens (including phenoxy) is 1. The van der Waals surface area contributed by atoms with Gasteiger partial charge in [0.2, 0.25) is 0 Å². The topological polar surface area (TPSA) is 55.6 Å². The molecular formula is C16H23ClN2O2. The number of benzene rings is 1. The lowest BCUT2D eigenvalue weighted by Crippen LogP contribution is -2.46. The average molecular weight is 311 g/mol. The van der Waals surface area contributed by atoms with E-state index in [1.807, 2.05) is 45.0 Å². The summed E-state index contributed by atoms with van der Waals surface area (Å²) in [6.45, 7) is 6.24. The van der Waals surface area contributed by atoms with Gasteiger partial charge in [-0.2, -0.15) is 0 Å². The maximum atomic E-state index is 12.3. The zero-order valence-corrected chi connectivity index (χ0v) is 13.6. The molecule has 1 saturated heterocycles. The van der Waals surface area contributed by atoms with Crippen molar-refractivity contribution in [3.63, 3.8) is 0 Å². The van der Waals surface area contributed by atoms with Crippen molar-refractivity contribution >= 4 is 17.7 Å². The van der Waals surface area contributed by atoms with Crippen LogP contribution in [0.2, 0.25) is 5.02 Å². The van der Waals surface area contributed by atoms with E-state index in [1.54, 1.807) is 4.90 Å². The fourth-order valence-electron chi connectivity index (χ4n) is 2.59. The van der Waals surface area contributed by atoms with Gasteiger partial charge in [0.1, 0.15) is 5.60 Å². The molecule has 1 aromatic rings. The van der Waals surface area contributed by atoms with Gasteiger partial charge in [-0.3, -0.25) is 0 Å². The molecule has 1 aromatic carbocycles. The first-order valence-electron chi connectivity index (χ1n) is 7.26. The van der Waals surface area contributed by atoms with E-state index < -0.39 is 5.60 Å². The van der Waals surface area contributed by atoms with Gasteiger partial charge < -0.3 is 15.4 Å². The Morgan fingerprint density at radius 2 is 2.19 bits per heavy atom. The highest BCUT2D eigenvalue weighted by atomic mass is 35.5. The van der Waals surface area contributed by atoms with Crippen LogP contribution in [-0.2, 0) is 11.2 Å².